The van der Waals surface area contributed by atoms with Gasteiger partial charge in [0.05, 0.1) is 12.3 Å². The van der Waals surface area contributed by atoms with Crippen molar-refractivity contribution in [2.75, 3.05) is 24.6 Å². The molecule has 0 aliphatic heterocycles. The molecule has 0 spiro atoms. The second kappa shape index (κ2) is 7.26. The molecular formula is C10H20N2O4S. The third-order valence-electron chi connectivity index (χ3n) is 1.76. The maximum atomic E-state index is 11.5. The molecule has 7 heteroatoms. The zero-order chi connectivity index (χ0) is 13.5. The third kappa shape index (κ3) is 8.67. The molecule has 0 rings (SSSR count). The molecule has 0 radical (unpaired) electrons. The number of hydrogen-bond donors (Lipinski definition) is 2. The molecular weight excluding hydrogens is 244 g/mol. The maximum Gasteiger partial charge on any atom is 0.239 e. The Balaban J connectivity index is 4.06. The van der Waals surface area contributed by atoms with Gasteiger partial charge in [-0.25, -0.2) is 8.42 Å². The van der Waals surface area contributed by atoms with E-state index in [1.54, 1.807) is 20.8 Å². The van der Waals surface area contributed by atoms with Gasteiger partial charge in [-0.05, 0) is 12.8 Å². The van der Waals surface area contributed by atoms with Crippen LogP contribution in [0.1, 0.15) is 20.8 Å². The smallest absolute Gasteiger partial charge is 0.239 e. The van der Waals surface area contributed by atoms with Gasteiger partial charge in [-0.3, -0.25) is 9.59 Å². The first-order valence-electron chi connectivity index (χ1n) is 5.50. The molecule has 0 saturated heterocycles. The fourth-order valence-corrected chi connectivity index (χ4v) is 2.89. The standard InChI is InChI=1S/C10H20N2O4S/c1-4-11-9(13)5-12-10(14)7-17(15,16)6-8(2)3/h8H,4-7H2,1-3H3,(H,11,13)(H,12,14). The Labute approximate surface area is 102 Å². The minimum Gasteiger partial charge on any atom is -0.355 e. The Bertz CT molecular complexity index is 363. The van der Waals surface area contributed by atoms with Crippen LogP contribution < -0.4 is 10.6 Å². The Hall–Kier alpha value is -1.11. The van der Waals surface area contributed by atoms with Gasteiger partial charge < -0.3 is 10.6 Å². The molecule has 0 aromatic carbocycles. The van der Waals surface area contributed by atoms with Crippen LogP contribution in [-0.2, 0) is 19.4 Å². The summed E-state index contributed by atoms with van der Waals surface area (Å²) in [5, 5.41) is 4.76. The molecule has 0 atom stereocenters. The van der Waals surface area contributed by atoms with Crippen LogP contribution in [0.3, 0.4) is 0 Å². The second-order valence-corrected chi connectivity index (χ2v) is 6.29. The van der Waals surface area contributed by atoms with Crippen LogP contribution in [0.25, 0.3) is 0 Å². The summed E-state index contributed by atoms with van der Waals surface area (Å²) in [6, 6.07) is 0. The summed E-state index contributed by atoms with van der Waals surface area (Å²) < 4.78 is 22.9. The van der Waals surface area contributed by atoms with E-state index >= 15 is 0 Å². The van der Waals surface area contributed by atoms with Gasteiger partial charge in [0.2, 0.25) is 11.8 Å². The van der Waals surface area contributed by atoms with Gasteiger partial charge in [0.15, 0.2) is 9.84 Å². The fourth-order valence-electron chi connectivity index (χ4n) is 1.26. The molecule has 6 nitrogen and oxygen atoms in total. The number of rotatable bonds is 7. The molecule has 0 aliphatic rings. The van der Waals surface area contributed by atoms with Crippen molar-refractivity contribution in [1.82, 2.24) is 10.6 Å². The van der Waals surface area contributed by atoms with Gasteiger partial charge in [-0.15, -0.1) is 0 Å². The first-order chi connectivity index (χ1) is 7.76. The van der Waals surface area contributed by atoms with Crippen molar-refractivity contribution < 1.29 is 18.0 Å². The molecule has 17 heavy (non-hydrogen) atoms. The van der Waals surface area contributed by atoms with Gasteiger partial charge in [0.1, 0.15) is 5.75 Å². The van der Waals surface area contributed by atoms with Crippen molar-refractivity contribution in [3.63, 3.8) is 0 Å². The highest BCUT2D eigenvalue weighted by molar-refractivity contribution is 7.92. The predicted octanol–water partition coefficient (Wildman–Crippen LogP) is -0.690. The number of hydrogen-bond acceptors (Lipinski definition) is 4. The summed E-state index contributed by atoms with van der Waals surface area (Å²) in [7, 11) is -3.38. The third-order valence-corrected chi connectivity index (χ3v) is 3.63. The Kier molecular flexibility index (Phi) is 6.79. The van der Waals surface area contributed by atoms with Gasteiger partial charge in [-0.1, -0.05) is 13.8 Å². The minimum atomic E-state index is -3.38. The Morgan fingerprint density at radius 2 is 1.71 bits per heavy atom. The average Bonchev–Trinajstić information content (AvgIpc) is 2.12. The van der Waals surface area contributed by atoms with E-state index in [1.807, 2.05) is 0 Å². The zero-order valence-corrected chi connectivity index (χ0v) is 11.3. The largest absolute Gasteiger partial charge is 0.355 e. The van der Waals surface area contributed by atoms with E-state index in [9.17, 15) is 18.0 Å². The fraction of sp³-hybridized carbons (Fsp3) is 0.800. The average molecular weight is 264 g/mol. The van der Waals surface area contributed by atoms with Crippen molar-refractivity contribution >= 4 is 21.7 Å². The van der Waals surface area contributed by atoms with Crippen molar-refractivity contribution in [3.8, 4) is 0 Å². The lowest BCUT2D eigenvalue weighted by molar-refractivity contribution is -0.124. The van der Waals surface area contributed by atoms with E-state index in [2.05, 4.69) is 10.6 Å². The quantitative estimate of drug-likeness (QED) is 0.636. The van der Waals surface area contributed by atoms with E-state index in [4.69, 9.17) is 0 Å². The van der Waals surface area contributed by atoms with Gasteiger partial charge in [0, 0.05) is 6.54 Å². The zero-order valence-electron chi connectivity index (χ0n) is 10.4. The molecule has 0 bridgehead atoms. The van der Waals surface area contributed by atoms with E-state index in [-0.39, 0.29) is 24.1 Å². The summed E-state index contributed by atoms with van der Waals surface area (Å²) in [4.78, 5) is 22.3. The van der Waals surface area contributed by atoms with E-state index < -0.39 is 21.5 Å². The topological polar surface area (TPSA) is 92.3 Å². The summed E-state index contributed by atoms with van der Waals surface area (Å²) in [5.41, 5.74) is 0. The summed E-state index contributed by atoms with van der Waals surface area (Å²) in [6.45, 7) is 5.57. The SMILES string of the molecule is CCNC(=O)CNC(=O)CS(=O)(=O)CC(C)C. The van der Waals surface area contributed by atoms with Crippen LogP contribution in [0.15, 0.2) is 0 Å². The first-order valence-corrected chi connectivity index (χ1v) is 7.32. The van der Waals surface area contributed by atoms with Crippen LogP contribution in [0.5, 0.6) is 0 Å². The number of amides is 2. The summed E-state index contributed by atoms with van der Waals surface area (Å²) in [6.07, 6.45) is 0. The minimum absolute atomic E-state index is 0.0174. The molecule has 0 saturated carbocycles. The number of carbonyl (C=O) groups is 2. The van der Waals surface area contributed by atoms with Crippen LogP contribution >= 0.6 is 0 Å². The molecule has 0 aromatic heterocycles. The molecule has 0 unspecified atom stereocenters. The van der Waals surface area contributed by atoms with Crippen LogP contribution in [0.4, 0.5) is 0 Å². The molecule has 0 heterocycles. The highest BCUT2D eigenvalue weighted by atomic mass is 32.2. The van der Waals surface area contributed by atoms with Crippen molar-refractivity contribution in [2.24, 2.45) is 5.92 Å². The number of sulfone groups is 1. The van der Waals surface area contributed by atoms with Crippen molar-refractivity contribution in [2.45, 2.75) is 20.8 Å². The molecule has 0 aliphatic carbocycles. The van der Waals surface area contributed by atoms with Crippen molar-refractivity contribution in [3.05, 3.63) is 0 Å². The second-order valence-electron chi connectivity index (χ2n) is 4.18. The van der Waals surface area contributed by atoms with E-state index in [0.717, 1.165) is 0 Å². The summed E-state index contributed by atoms with van der Waals surface area (Å²) in [5.74, 6) is -1.58. The van der Waals surface area contributed by atoms with E-state index in [0.29, 0.717) is 6.54 Å². The molecule has 0 aromatic rings. The van der Waals surface area contributed by atoms with Gasteiger partial charge >= 0.3 is 0 Å². The Morgan fingerprint density at radius 3 is 2.18 bits per heavy atom. The number of nitrogens with one attached hydrogen (secondary N) is 2. The molecule has 0 fully saturated rings. The van der Waals surface area contributed by atoms with Crippen LogP contribution in [-0.4, -0.2) is 44.8 Å². The molecule has 2 amide bonds. The first kappa shape index (κ1) is 15.9. The summed E-state index contributed by atoms with van der Waals surface area (Å²) >= 11 is 0. The number of likely N-dealkylation sites (N-methyl/N-ethyl adjacent to an activating group) is 1. The Morgan fingerprint density at radius 1 is 1.12 bits per heavy atom. The highest BCUT2D eigenvalue weighted by Crippen LogP contribution is 2.00. The predicted molar refractivity (Wildman–Crippen MR) is 65.2 cm³/mol. The van der Waals surface area contributed by atoms with Gasteiger partial charge in [-0.2, -0.15) is 0 Å². The lowest BCUT2D eigenvalue weighted by atomic mass is 10.3. The van der Waals surface area contributed by atoms with Crippen LogP contribution in [0.2, 0.25) is 0 Å². The van der Waals surface area contributed by atoms with Gasteiger partial charge in [0.25, 0.3) is 0 Å². The molecule has 2 N–H and O–H groups in total. The van der Waals surface area contributed by atoms with E-state index in [1.165, 1.54) is 0 Å². The lowest BCUT2D eigenvalue weighted by Crippen LogP contribution is -2.39. The molecule has 100 valence electrons. The van der Waals surface area contributed by atoms with Crippen LogP contribution in [0, 0.1) is 5.92 Å². The highest BCUT2D eigenvalue weighted by Gasteiger charge is 2.18. The van der Waals surface area contributed by atoms with Crippen molar-refractivity contribution in [1.29, 1.82) is 0 Å². The lowest BCUT2D eigenvalue weighted by Gasteiger charge is -2.07. The normalized spacial score (nSPS) is 11.3. The number of carbonyl (C=O) groups excluding carboxylic acids is 2. The maximum absolute atomic E-state index is 11.5. The monoisotopic (exact) mass is 264 g/mol.